The van der Waals surface area contributed by atoms with E-state index in [0.717, 1.165) is 25.5 Å². The summed E-state index contributed by atoms with van der Waals surface area (Å²) in [6, 6.07) is -0.546. The predicted molar refractivity (Wildman–Crippen MR) is 73.3 cm³/mol. The van der Waals surface area contributed by atoms with Gasteiger partial charge in [-0.05, 0) is 26.2 Å². The molecule has 0 aromatic rings. The fourth-order valence-corrected chi connectivity index (χ4v) is 3.34. The summed E-state index contributed by atoms with van der Waals surface area (Å²) in [6.45, 7) is 4.16. The molecule has 1 aliphatic rings. The van der Waals surface area contributed by atoms with Gasteiger partial charge in [-0.1, -0.05) is 6.42 Å². The Morgan fingerprint density at radius 3 is 2.79 bits per heavy atom. The van der Waals surface area contributed by atoms with Gasteiger partial charge in [-0.3, -0.25) is 4.79 Å². The molecule has 1 aliphatic heterocycles. The number of piperidine rings is 1. The normalized spacial score (nSPS) is 21.3. The molecular formula is C12H24N2O4S. The van der Waals surface area contributed by atoms with Gasteiger partial charge in [0.25, 0.3) is 0 Å². The smallest absolute Gasteiger partial charge is 0.238 e. The lowest BCUT2D eigenvalue weighted by molar-refractivity contribution is -0.125. The zero-order valence-corrected chi connectivity index (χ0v) is 12.5. The number of sulfonamides is 1. The third kappa shape index (κ3) is 5.46. The van der Waals surface area contributed by atoms with Gasteiger partial charge >= 0.3 is 0 Å². The zero-order valence-electron chi connectivity index (χ0n) is 11.7. The van der Waals surface area contributed by atoms with Crippen molar-refractivity contribution >= 4 is 15.9 Å². The second-order valence-corrected chi connectivity index (χ2v) is 6.66. The number of nitrogens with one attached hydrogen (secondary N) is 1. The van der Waals surface area contributed by atoms with E-state index in [9.17, 15) is 13.2 Å². The van der Waals surface area contributed by atoms with Gasteiger partial charge in [0, 0.05) is 26.3 Å². The quantitative estimate of drug-likeness (QED) is 0.687. The van der Waals surface area contributed by atoms with Crippen molar-refractivity contribution in [2.45, 2.75) is 38.6 Å². The third-order valence-corrected chi connectivity index (χ3v) is 4.44. The van der Waals surface area contributed by atoms with Gasteiger partial charge in [0.15, 0.2) is 0 Å². The number of rotatable bonds is 7. The number of carbonyl (C=O) groups is 1. The van der Waals surface area contributed by atoms with Crippen molar-refractivity contribution in [1.29, 1.82) is 0 Å². The Labute approximate surface area is 115 Å². The predicted octanol–water partition coefficient (Wildman–Crippen LogP) is 0.343. The minimum atomic E-state index is -3.31. The molecule has 1 amide bonds. The van der Waals surface area contributed by atoms with Crippen molar-refractivity contribution in [2.75, 3.05) is 32.6 Å². The number of ether oxygens (including phenoxy) is 1. The standard InChI is InChI=1S/C12H24N2O4S/c1-3-18-10-6-8-13-12(15)11-7-4-5-9-14(11)19(2,16)17/h11H,3-10H2,1-2H3,(H,13,15)/t11-/m1/s1. The van der Waals surface area contributed by atoms with E-state index in [1.54, 1.807) is 0 Å². The summed E-state index contributed by atoms with van der Waals surface area (Å²) < 4.78 is 29.8. The molecule has 0 unspecified atom stereocenters. The number of hydrogen-bond donors (Lipinski definition) is 1. The summed E-state index contributed by atoms with van der Waals surface area (Å²) in [5.41, 5.74) is 0. The van der Waals surface area contributed by atoms with Crippen LogP contribution in [0.4, 0.5) is 0 Å². The van der Waals surface area contributed by atoms with Crippen molar-refractivity contribution in [3.8, 4) is 0 Å². The summed E-state index contributed by atoms with van der Waals surface area (Å²) in [6.07, 6.45) is 4.22. The number of nitrogens with zero attached hydrogens (tertiary/aromatic N) is 1. The Morgan fingerprint density at radius 1 is 1.42 bits per heavy atom. The molecule has 0 aromatic heterocycles. The SMILES string of the molecule is CCOCCCNC(=O)[C@H]1CCCCN1S(C)(=O)=O. The summed E-state index contributed by atoms with van der Waals surface area (Å²) in [5, 5.41) is 2.79. The van der Waals surface area contributed by atoms with Crippen molar-refractivity contribution in [3.05, 3.63) is 0 Å². The van der Waals surface area contributed by atoms with E-state index >= 15 is 0 Å². The molecule has 0 radical (unpaired) electrons. The first kappa shape index (κ1) is 16.4. The maximum atomic E-state index is 12.0. The van der Waals surface area contributed by atoms with Gasteiger partial charge in [0.2, 0.25) is 15.9 Å². The molecule has 0 saturated carbocycles. The molecule has 0 spiro atoms. The molecule has 1 heterocycles. The molecule has 0 bridgehead atoms. The van der Waals surface area contributed by atoms with Crippen LogP contribution in [0.15, 0.2) is 0 Å². The summed E-state index contributed by atoms with van der Waals surface area (Å²) in [5.74, 6) is -0.193. The second kappa shape index (κ2) is 7.81. The Bertz CT molecular complexity index is 383. The molecular weight excluding hydrogens is 268 g/mol. The highest BCUT2D eigenvalue weighted by Gasteiger charge is 2.33. The van der Waals surface area contributed by atoms with Crippen LogP contribution in [0.3, 0.4) is 0 Å². The van der Waals surface area contributed by atoms with Crippen LogP contribution in [0, 0.1) is 0 Å². The van der Waals surface area contributed by atoms with Gasteiger partial charge in [-0.25, -0.2) is 8.42 Å². The van der Waals surface area contributed by atoms with E-state index in [2.05, 4.69) is 5.32 Å². The lowest BCUT2D eigenvalue weighted by Gasteiger charge is -2.32. The Morgan fingerprint density at radius 2 is 2.16 bits per heavy atom. The van der Waals surface area contributed by atoms with Gasteiger partial charge < -0.3 is 10.1 Å². The van der Waals surface area contributed by atoms with Crippen LogP contribution in [0.25, 0.3) is 0 Å². The molecule has 1 N–H and O–H groups in total. The third-order valence-electron chi connectivity index (χ3n) is 3.15. The van der Waals surface area contributed by atoms with Crippen LogP contribution >= 0.6 is 0 Å². The molecule has 1 rings (SSSR count). The Kier molecular flexibility index (Phi) is 6.74. The minimum Gasteiger partial charge on any atom is -0.382 e. The first-order chi connectivity index (χ1) is 8.96. The highest BCUT2D eigenvalue weighted by atomic mass is 32.2. The average Bonchev–Trinajstić information content (AvgIpc) is 2.37. The molecule has 1 saturated heterocycles. The molecule has 1 atom stereocenters. The van der Waals surface area contributed by atoms with E-state index in [1.807, 2.05) is 6.92 Å². The first-order valence-corrected chi connectivity index (χ1v) is 8.64. The first-order valence-electron chi connectivity index (χ1n) is 6.79. The van der Waals surface area contributed by atoms with Crippen LogP contribution < -0.4 is 5.32 Å². The fourth-order valence-electron chi connectivity index (χ4n) is 2.21. The van der Waals surface area contributed by atoms with Gasteiger partial charge in [-0.2, -0.15) is 4.31 Å². The topological polar surface area (TPSA) is 75.7 Å². The lowest BCUT2D eigenvalue weighted by atomic mass is 10.0. The summed E-state index contributed by atoms with van der Waals surface area (Å²) >= 11 is 0. The van der Waals surface area contributed by atoms with Crippen LogP contribution in [-0.4, -0.2) is 57.2 Å². The zero-order chi connectivity index (χ0) is 14.3. The monoisotopic (exact) mass is 292 g/mol. The number of hydrogen-bond acceptors (Lipinski definition) is 4. The molecule has 6 nitrogen and oxygen atoms in total. The molecule has 19 heavy (non-hydrogen) atoms. The highest BCUT2D eigenvalue weighted by Crippen LogP contribution is 2.19. The largest absolute Gasteiger partial charge is 0.382 e. The molecule has 7 heteroatoms. The minimum absolute atomic E-state index is 0.193. The number of carbonyl (C=O) groups excluding carboxylic acids is 1. The van der Waals surface area contributed by atoms with E-state index < -0.39 is 16.1 Å². The van der Waals surface area contributed by atoms with Crippen LogP contribution in [0.1, 0.15) is 32.6 Å². The average molecular weight is 292 g/mol. The number of amides is 1. The summed E-state index contributed by atoms with van der Waals surface area (Å²) in [7, 11) is -3.31. The van der Waals surface area contributed by atoms with E-state index in [1.165, 1.54) is 4.31 Å². The van der Waals surface area contributed by atoms with Crippen molar-refractivity contribution in [2.24, 2.45) is 0 Å². The maximum Gasteiger partial charge on any atom is 0.238 e. The van der Waals surface area contributed by atoms with Crippen LogP contribution in [-0.2, 0) is 19.6 Å². The van der Waals surface area contributed by atoms with E-state index in [0.29, 0.717) is 32.7 Å². The lowest BCUT2D eigenvalue weighted by Crippen LogP contribution is -2.51. The van der Waals surface area contributed by atoms with Crippen LogP contribution in [0.2, 0.25) is 0 Å². The van der Waals surface area contributed by atoms with E-state index in [-0.39, 0.29) is 5.91 Å². The second-order valence-electron chi connectivity index (χ2n) is 4.73. The van der Waals surface area contributed by atoms with Crippen molar-refractivity contribution < 1.29 is 17.9 Å². The molecule has 112 valence electrons. The van der Waals surface area contributed by atoms with Gasteiger partial charge in [-0.15, -0.1) is 0 Å². The fraction of sp³-hybridized carbons (Fsp3) is 0.917. The maximum absolute atomic E-state index is 12.0. The van der Waals surface area contributed by atoms with Crippen LogP contribution in [0.5, 0.6) is 0 Å². The van der Waals surface area contributed by atoms with Gasteiger partial charge in [0.1, 0.15) is 6.04 Å². The molecule has 1 fully saturated rings. The molecule has 0 aliphatic carbocycles. The molecule has 0 aromatic carbocycles. The van der Waals surface area contributed by atoms with E-state index in [4.69, 9.17) is 4.74 Å². The Balaban J connectivity index is 2.44. The highest BCUT2D eigenvalue weighted by molar-refractivity contribution is 7.88. The van der Waals surface area contributed by atoms with Gasteiger partial charge in [0.05, 0.1) is 6.26 Å². The van der Waals surface area contributed by atoms with Crippen molar-refractivity contribution in [1.82, 2.24) is 9.62 Å². The summed E-state index contributed by atoms with van der Waals surface area (Å²) in [4.78, 5) is 12.0. The Hall–Kier alpha value is -0.660. The van der Waals surface area contributed by atoms with Crippen molar-refractivity contribution in [3.63, 3.8) is 0 Å².